The van der Waals surface area contributed by atoms with E-state index in [4.69, 9.17) is 14.7 Å². The highest BCUT2D eigenvalue weighted by molar-refractivity contribution is 8.03. The molecular formula is C17H15N3O3S. The third-order valence-electron chi connectivity index (χ3n) is 3.83. The molecule has 3 rings (SSSR count). The summed E-state index contributed by atoms with van der Waals surface area (Å²) in [7, 11) is 0. The normalized spacial score (nSPS) is 18.8. The molecule has 7 heteroatoms. The van der Waals surface area contributed by atoms with Gasteiger partial charge in [-0.05, 0) is 24.1 Å². The van der Waals surface area contributed by atoms with Crippen LogP contribution in [0.5, 0.6) is 11.5 Å². The minimum atomic E-state index is -0.295. The van der Waals surface area contributed by atoms with Crippen LogP contribution in [0.1, 0.15) is 30.7 Å². The second kappa shape index (κ2) is 7.29. The molecular weight excluding hydrogens is 326 g/mol. The molecule has 0 unspecified atom stereocenters. The fraction of sp³-hybridized carbons (Fsp3) is 0.353. The Kier molecular flexibility index (Phi) is 4.93. The summed E-state index contributed by atoms with van der Waals surface area (Å²) in [5.74, 6) is 1.59. The summed E-state index contributed by atoms with van der Waals surface area (Å²) < 4.78 is 10.7. The van der Waals surface area contributed by atoms with Crippen LogP contribution < -0.4 is 14.8 Å². The molecule has 0 fully saturated rings. The van der Waals surface area contributed by atoms with Gasteiger partial charge in [-0.3, -0.25) is 4.79 Å². The van der Waals surface area contributed by atoms with Crippen molar-refractivity contribution in [2.45, 2.75) is 25.2 Å². The van der Waals surface area contributed by atoms with Gasteiger partial charge < -0.3 is 14.8 Å². The number of amides is 1. The van der Waals surface area contributed by atoms with E-state index in [-0.39, 0.29) is 25.0 Å². The fourth-order valence-corrected chi connectivity index (χ4v) is 3.70. The van der Waals surface area contributed by atoms with Crippen LogP contribution >= 0.6 is 11.8 Å². The third-order valence-corrected chi connectivity index (χ3v) is 4.94. The first-order chi connectivity index (χ1) is 11.7. The van der Waals surface area contributed by atoms with Crippen molar-refractivity contribution in [3.05, 3.63) is 34.4 Å². The lowest BCUT2D eigenvalue weighted by Crippen LogP contribution is -2.30. The van der Waals surface area contributed by atoms with Crippen molar-refractivity contribution in [1.29, 1.82) is 10.5 Å². The highest BCUT2D eigenvalue weighted by atomic mass is 32.2. The Morgan fingerprint density at radius 3 is 2.92 bits per heavy atom. The molecule has 0 spiro atoms. The molecule has 2 aliphatic heterocycles. The molecule has 1 N–H and O–H groups in total. The maximum absolute atomic E-state index is 12.1. The lowest BCUT2D eigenvalue weighted by molar-refractivity contribution is -0.120. The van der Waals surface area contributed by atoms with Gasteiger partial charge in [0.2, 0.25) is 12.7 Å². The average Bonchev–Trinajstić information content (AvgIpc) is 3.06. The summed E-state index contributed by atoms with van der Waals surface area (Å²) in [6.07, 6.45) is 1.40. The summed E-state index contributed by atoms with van der Waals surface area (Å²) in [4.78, 5) is 12.1. The van der Waals surface area contributed by atoms with Gasteiger partial charge >= 0.3 is 0 Å². The molecule has 24 heavy (non-hydrogen) atoms. The van der Waals surface area contributed by atoms with Gasteiger partial charge in [-0.1, -0.05) is 6.07 Å². The summed E-state index contributed by atoms with van der Waals surface area (Å²) >= 11 is 1.42. The van der Waals surface area contributed by atoms with E-state index in [0.717, 1.165) is 5.56 Å². The first-order valence-electron chi connectivity index (χ1n) is 7.56. The number of hydrogen-bond donors (Lipinski definition) is 1. The van der Waals surface area contributed by atoms with Crippen molar-refractivity contribution in [2.24, 2.45) is 0 Å². The zero-order valence-electron chi connectivity index (χ0n) is 12.9. The molecule has 2 heterocycles. The standard InChI is InChI=1S/C17H15N3O3S/c18-5-1-2-6-24-17-13(9-19)12(8-16(21)20-17)11-3-4-14-15(7-11)23-10-22-14/h3-4,7,12H,1-2,6,8,10H2,(H,20,21)/t12-/m1/s1. The number of fused-ring (bicyclic) bond motifs is 1. The predicted molar refractivity (Wildman–Crippen MR) is 88.0 cm³/mol. The van der Waals surface area contributed by atoms with Crippen LogP contribution in [0.15, 0.2) is 28.8 Å². The largest absolute Gasteiger partial charge is 0.454 e. The predicted octanol–water partition coefficient (Wildman–Crippen LogP) is 2.79. The maximum atomic E-state index is 12.1. The van der Waals surface area contributed by atoms with E-state index in [2.05, 4.69) is 17.5 Å². The quantitative estimate of drug-likeness (QED) is 0.828. The number of carbonyl (C=O) groups is 1. The van der Waals surface area contributed by atoms with E-state index >= 15 is 0 Å². The number of hydrogen-bond acceptors (Lipinski definition) is 6. The molecule has 122 valence electrons. The molecule has 2 aliphatic rings. The van der Waals surface area contributed by atoms with Gasteiger partial charge in [0, 0.05) is 24.5 Å². The highest BCUT2D eigenvalue weighted by Crippen LogP contribution is 2.40. The highest BCUT2D eigenvalue weighted by Gasteiger charge is 2.30. The summed E-state index contributed by atoms with van der Waals surface area (Å²) in [5, 5.41) is 21.6. The number of ether oxygens (including phenoxy) is 2. The van der Waals surface area contributed by atoms with Crippen LogP contribution in [0, 0.1) is 22.7 Å². The maximum Gasteiger partial charge on any atom is 0.231 e. The molecule has 0 bridgehead atoms. The monoisotopic (exact) mass is 341 g/mol. The smallest absolute Gasteiger partial charge is 0.231 e. The summed E-state index contributed by atoms with van der Waals surface area (Å²) in [5.41, 5.74) is 1.41. The van der Waals surface area contributed by atoms with Gasteiger partial charge in [0.05, 0.1) is 22.7 Å². The molecule has 1 atom stereocenters. The summed E-state index contributed by atoms with van der Waals surface area (Å²) in [6.45, 7) is 0.185. The number of unbranched alkanes of at least 4 members (excludes halogenated alkanes) is 1. The first kappa shape index (κ1) is 16.2. The van der Waals surface area contributed by atoms with Crippen LogP contribution in [0.25, 0.3) is 0 Å². The fourth-order valence-electron chi connectivity index (χ4n) is 2.67. The molecule has 0 saturated heterocycles. The lowest BCUT2D eigenvalue weighted by atomic mass is 9.87. The minimum absolute atomic E-state index is 0.112. The first-order valence-corrected chi connectivity index (χ1v) is 8.55. The Bertz CT molecular complexity index is 776. The number of benzene rings is 1. The number of nitrogens with one attached hydrogen (secondary N) is 1. The van der Waals surface area contributed by atoms with Crippen LogP contribution in [-0.2, 0) is 4.79 Å². The molecule has 1 aromatic carbocycles. The number of nitriles is 2. The zero-order chi connectivity index (χ0) is 16.9. The van der Waals surface area contributed by atoms with Gasteiger partial charge in [0.1, 0.15) is 0 Å². The van der Waals surface area contributed by atoms with Crippen LogP contribution in [0.3, 0.4) is 0 Å². The third kappa shape index (κ3) is 3.32. The zero-order valence-corrected chi connectivity index (χ0v) is 13.7. The van der Waals surface area contributed by atoms with E-state index < -0.39 is 0 Å². The number of nitrogens with zero attached hydrogens (tertiary/aromatic N) is 2. The van der Waals surface area contributed by atoms with Crippen LogP contribution in [-0.4, -0.2) is 18.5 Å². The van der Waals surface area contributed by atoms with Gasteiger partial charge in [0.15, 0.2) is 11.5 Å². The van der Waals surface area contributed by atoms with Crippen molar-refractivity contribution < 1.29 is 14.3 Å². The topological polar surface area (TPSA) is 95.1 Å². The number of rotatable bonds is 5. The van der Waals surface area contributed by atoms with Crippen LogP contribution in [0.4, 0.5) is 0 Å². The second-order valence-corrected chi connectivity index (χ2v) is 6.49. The molecule has 0 radical (unpaired) electrons. The van der Waals surface area contributed by atoms with E-state index in [0.29, 0.717) is 40.7 Å². The summed E-state index contributed by atoms with van der Waals surface area (Å²) in [6, 6.07) is 9.84. The Balaban J connectivity index is 1.87. The molecule has 0 aliphatic carbocycles. The van der Waals surface area contributed by atoms with Crippen molar-refractivity contribution in [3.63, 3.8) is 0 Å². The van der Waals surface area contributed by atoms with Crippen molar-refractivity contribution in [2.75, 3.05) is 12.5 Å². The Morgan fingerprint density at radius 2 is 2.12 bits per heavy atom. The Morgan fingerprint density at radius 1 is 1.29 bits per heavy atom. The Labute approximate surface area is 144 Å². The van der Waals surface area contributed by atoms with E-state index in [1.54, 1.807) is 6.07 Å². The Hall–Kier alpha value is -2.64. The van der Waals surface area contributed by atoms with Crippen molar-refractivity contribution >= 4 is 17.7 Å². The molecule has 1 aromatic rings. The molecule has 0 saturated carbocycles. The van der Waals surface area contributed by atoms with Crippen molar-refractivity contribution in [1.82, 2.24) is 5.32 Å². The van der Waals surface area contributed by atoms with Gasteiger partial charge in [-0.25, -0.2) is 0 Å². The minimum Gasteiger partial charge on any atom is -0.454 e. The van der Waals surface area contributed by atoms with Gasteiger partial charge in [0.25, 0.3) is 0 Å². The molecule has 6 nitrogen and oxygen atoms in total. The number of allylic oxidation sites excluding steroid dienone is 1. The van der Waals surface area contributed by atoms with Gasteiger partial charge in [-0.2, -0.15) is 10.5 Å². The van der Waals surface area contributed by atoms with Gasteiger partial charge in [-0.15, -0.1) is 11.8 Å². The number of thioether (sulfide) groups is 1. The van der Waals surface area contributed by atoms with E-state index in [9.17, 15) is 10.1 Å². The van der Waals surface area contributed by atoms with Crippen molar-refractivity contribution in [3.8, 4) is 23.6 Å². The van der Waals surface area contributed by atoms with E-state index in [1.807, 2.05) is 12.1 Å². The second-order valence-electron chi connectivity index (χ2n) is 5.38. The van der Waals surface area contributed by atoms with Crippen LogP contribution in [0.2, 0.25) is 0 Å². The molecule has 0 aromatic heterocycles. The average molecular weight is 341 g/mol. The van der Waals surface area contributed by atoms with E-state index in [1.165, 1.54) is 11.8 Å². The SMILES string of the molecule is N#CCCCSC1=C(C#N)[C@@H](c2ccc3c(c2)OCO3)CC(=O)N1. The number of carbonyl (C=O) groups excluding carboxylic acids is 1. The molecule has 1 amide bonds. The lowest BCUT2D eigenvalue weighted by Gasteiger charge is -2.25.